The molecule has 4 aromatic heterocycles. The van der Waals surface area contributed by atoms with Gasteiger partial charge in [-0.15, -0.1) is 0 Å². The van der Waals surface area contributed by atoms with Gasteiger partial charge in [0, 0.05) is 67.8 Å². The van der Waals surface area contributed by atoms with Gasteiger partial charge in [0.05, 0.1) is 11.0 Å². The molecule has 0 aliphatic carbocycles. The summed E-state index contributed by atoms with van der Waals surface area (Å²) in [6.45, 7) is 0. The zero-order valence-corrected chi connectivity index (χ0v) is 32.7. The molecule has 11 aromatic rings. The lowest BCUT2D eigenvalue weighted by Gasteiger charge is -2.15. The van der Waals surface area contributed by atoms with E-state index in [4.69, 9.17) is 29.9 Å². The quantitative estimate of drug-likeness (QED) is 0.151. The second-order valence-electron chi connectivity index (χ2n) is 14.6. The van der Waals surface area contributed by atoms with E-state index in [-0.39, 0.29) is 0 Å². The summed E-state index contributed by atoms with van der Waals surface area (Å²) in [6, 6.07) is 65.7. The van der Waals surface area contributed by atoms with Crippen molar-refractivity contribution in [2.45, 2.75) is 0 Å². The fraction of sp³-hybridized carbons (Fsp3) is 0. The maximum Gasteiger partial charge on any atom is 0.164 e. The Balaban J connectivity index is 1.11. The lowest BCUT2D eigenvalue weighted by Crippen LogP contribution is -2.02. The van der Waals surface area contributed by atoms with Crippen molar-refractivity contribution in [3.8, 4) is 85.1 Å². The number of aromatic nitrogens is 8. The molecule has 8 nitrogen and oxygen atoms in total. The number of hydrogen-bond acceptors (Lipinski definition) is 7. The molecule has 0 atom stereocenters. The molecule has 11 rings (SSSR count). The molecule has 61 heavy (non-hydrogen) atoms. The highest BCUT2D eigenvalue weighted by Gasteiger charge is 2.20. The predicted octanol–water partition coefficient (Wildman–Crippen LogP) is 12.2. The van der Waals surface area contributed by atoms with Gasteiger partial charge in [0.2, 0.25) is 0 Å². The summed E-state index contributed by atoms with van der Waals surface area (Å²) in [5, 5.41) is 2.18. The van der Waals surface area contributed by atoms with Crippen LogP contribution in [0.25, 0.3) is 107 Å². The zero-order chi connectivity index (χ0) is 40.5. The highest BCUT2D eigenvalue weighted by atomic mass is 15.0. The minimum absolute atomic E-state index is 0.565. The van der Waals surface area contributed by atoms with Crippen molar-refractivity contribution in [1.82, 2.24) is 39.5 Å². The highest BCUT2D eigenvalue weighted by molar-refractivity contribution is 6.10. The first kappa shape index (κ1) is 35.7. The first-order chi connectivity index (χ1) is 30.2. The van der Waals surface area contributed by atoms with Crippen LogP contribution in [0.4, 0.5) is 0 Å². The fourth-order valence-electron chi connectivity index (χ4n) is 7.89. The number of para-hydroxylation sites is 1. The Labute approximate surface area is 351 Å². The van der Waals surface area contributed by atoms with Gasteiger partial charge in [-0.05, 0) is 48.0 Å². The maximum absolute atomic E-state index is 5.16. The fourth-order valence-corrected chi connectivity index (χ4v) is 7.89. The predicted molar refractivity (Wildman–Crippen MR) is 243 cm³/mol. The molecular weight excluding hydrogens is 749 g/mol. The third kappa shape index (κ3) is 6.78. The van der Waals surface area contributed by atoms with Crippen LogP contribution in [0.3, 0.4) is 0 Å². The highest BCUT2D eigenvalue weighted by Crippen LogP contribution is 2.39. The van der Waals surface area contributed by atoms with Gasteiger partial charge in [0.25, 0.3) is 0 Å². The van der Waals surface area contributed by atoms with Crippen LogP contribution in [-0.4, -0.2) is 39.5 Å². The van der Waals surface area contributed by atoms with E-state index in [1.165, 1.54) is 0 Å². The van der Waals surface area contributed by atoms with Crippen molar-refractivity contribution in [2.75, 3.05) is 0 Å². The van der Waals surface area contributed by atoms with Crippen molar-refractivity contribution in [1.29, 1.82) is 0 Å². The van der Waals surface area contributed by atoms with Crippen molar-refractivity contribution in [3.63, 3.8) is 0 Å². The molecule has 0 spiro atoms. The third-order valence-corrected chi connectivity index (χ3v) is 10.8. The van der Waals surface area contributed by atoms with E-state index in [1.54, 1.807) is 6.20 Å². The van der Waals surface area contributed by atoms with E-state index >= 15 is 0 Å². The van der Waals surface area contributed by atoms with Crippen molar-refractivity contribution in [3.05, 3.63) is 207 Å². The third-order valence-electron chi connectivity index (χ3n) is 10.8. The van der Waals surface area contributed by atoms with Gasteiger partial charge in [-0.1, -0.05) is 152 Å². The van der Waals surface area contributed by atoms with Crippen LogP contribution in [0.15, 0.2) is 207 Å². The molecule has 0 bridgehead atoms. The Bertz CT molecular complexity index is 3220. The molecule has 7 aromatic carbocycles. The Kier molecular flexibility index (Phi) is 8.98. The first-order valence-corrected chi connectivity index (χ1v) is 20.1. The van der Waals surface area contributed by atoms with E-state index in [0.29, 0.717) is 34.9 Å². The van der Waals surface area contributed by atoms with Gasteiger partial charge >= 0.3 is 0 Å². The Hall–Kier alpha value is -8.49. The van der Waals surface area contributed by atoms with E-state index < -0.39 is 0 Å². The van der Waals surface area contributed by atoms with E-state index in [2.05, 4.69) is 76.3 Å². The molecule has 0 N–H and O–H groups in total. The van der Waals surface area contributed by atoms with Crippen LogP contribution in [0.1, 0.15) is 0 Å². The molecule has 0 unspecified atom stereocenters. The van der Waals surface area contributed by atoms with Crippen LogP contribution in [0.2, 0.25) is 0 Å². The summed E-state index contributed by atoms with van der Waals surface area (Å²) >= 11 is 0. The molecule has 0 aliphatic heterocycles. The number of benzene rings is 7. The summed E-state index contributed by atoms with van der Waals surface area (Å²) in [6.07, 6.45) is 3.67. The van der Waals surface area contributed by atoms with Gasteiger partial charge in [-0.25, -0.2) is 29.9 Å². The Morgan fingerprint density at radius 3 is 1.28 bits per heavy atom. The topological polar surface area (TPSA) is 95.2 Å². The van der Waals surface area contributed by atoms with E-state index in [9.17, 15) is 0 Å². The minimum Gasteiger partial charge on any atom is -0.309 e. The summed E-state index contributed by atoms with van der Waals surface area (Å²) in [5.74, 6) is 3.61. The Morgan fingerprint density at radius 2 is 0.754 bits per heavy atom. The van der Waals surface area contributed by atoms with Gasteiger partial charge in [0.15, 0.2) is 34.9 Å². The van der Waals surface area contributed by atoms with Crippen molar-refractivity contribution in [2.24, 2.45) is 0 Å². The number of fused-ring (bicyclic) bond motifs is 3. The van der Waals surface area contributed by atoms with Crippen LogP contribution in [-0.2, 0) is 0 Å². The molecule has 8 heteroatoms. The lowest BCUT2D eigenvalue weighted by molar-refractivity contribution is 1.07. The van der Waals surface area contributed by atoms with E-state index in [1.807, 2.05) is 134 Å². The normalized spacial score (nSPS) is 11.3. The van der Waals surface area contributed by atoms with Gasteiger partial charge < -0.3 is 4.57 Å². The monoisotopic (exact) mass is 782 g/mol. The number of rotatable bonds is 8. The van der Waals surface area contributed by atoms with Gasteiger partial charge in [0.1, 0.15) is 0 Å². The molecule has 0 amide bonds. The first-order valence-electron chi connectivity index (χ1n) is 20.1. The lowest BCUT2D eigenvalue weighted by atomic mass is 9.99. The smallest absolute Gasteiger partial charge is 0.164 e. The molecule has 0 radical (unpaired) electrons. The second kappa shape index (κ2) is 15.4. The standard InChI is InChI=1S/C53H34N8/c1-5-16-35(17-6-1)48-55-49(36-18-7-2-8-19-36)58-52(57-48)39-27-30-47-44(32-39)43-25-13-14-26-46(43)61(47)41-28-29-42(40-24-15-31-54-34-40)45(33-41)53-59-50(37-20-9-3-10-21-37)56-51(60-53)38-22-11-4-12-23-38/h1-34H. The molecule has 4 heterocycles. The summed E-state index contributed by atoms with van der Waals surface area (Å²) < 4.78 is 2.31. The van der Waals surface area contributed by atoms with Crippen LogP contribution in [0.5, 0.6) is 0 Å². The van der Waals surface area contributed by atoms with Gasteiger partial charge in [-0.2, -0.15) is 0 Å². The van der Waals surface area contributed by atoms with E-state index in [0.717, 1.165) is 72.0 Å². The van der Waals surface area contributed by atoms with Crippen LogP contribution >= 0.6 is 0 Å². The van der Waals surface area contributed by atoms with Crippen LogP contribution < -0.4 is 0 Å². The Morgan fingerprint density at radius 1 is 0.295 bits per heavy atom. The molecular formula is C53H34N8. The molecule has 0 saturated carbocycles. The zero-order valence-electron chi connectivity index (χ0n) is 32.7. The number of pyridine rings is 1. The van der Waals surface area contributed by atoms with Crippen LogP contribution in [0, 0.1) is 0 Å². The SMILES string of the molecule is c1ccc(-c2nc(-c3ccccc3)nc(-c3ccc4c(c3)c3ccccc3n4-c3ccc(-c4cccnc4)c(-c4nc(-c5ccccc5)nc(-c5ccccc5)n4)c3)n2)cc1. The average Bonchev–Trinajstić information content (AvgIpc) is 3.68. The van der Waals surface area contributed by atoms with Crippen molar-refractivity contribution >= 4 is 21.8 Å². The molecule has 0 saturated heterocycles. The number of hydrogen-bond donors (Lipinski definition) is 0. The van der Waals surface area contributed by atoms with Gasteiger partial charge in [-0.3, -0.25) is 4.98 Å². The van der Waals surface area contributed by atoms with Crippen molar-refractivity contribution < 1.29 is 0 Å². The summed E-state index contributed by atoms with van der Waals surface area (Å²) in [7, 11) is 0. The average molecular weight is 783 g/mol. The molecule has 0 aliphatic rings. The molecule has 0 fully saturated rings. The number of nitrogens with zero attached hydrogens (tertiary/aromatic N) is 8. The maximum atomic E-state index is 5.16. The molecule has 286 valence electrons. The summed E-state index contributed by atoms with van der Waals surface area (Å²) in [5.41, 5.74) is 10.4. The minimum atomic E-state index is 0.565. The summed E-state index contributed by atoms with van der Waals surface area (Å²) in [4.78, 5) is 34.8. The second-order valence-corrected chi connectivity index (χ2v) is 14.6. The largest absolute Gasteiger partial charge is 0.309 e.